The Morgan fingerprint density at radius 2 is 1.57 bits per heavy atom. The zero-order valence-corrected chi connectivity index (χ0v) is 19.7. The minimum absolute atomic E-state index is 0.119. The zero-order valence-electron chi connectivity index (χ0n) is 18.7. The van der Waals surface area contributed by atoms with Crippen LogP contribution in [0.5, 0.6) is 17.2 Å². The molecule has 2 aromatic rings. The molecule has 5 nitrogen and oxygen atoms in total. The first kappa shape index (κ1) is 23.4. The van der Waals surface area contributed by atoms with Crippen LogP contribution in [0.2, 0.25) is 18.1 Å². The summed E-state index contributed by atoms with van der Waals surface area (Å²) in [7, 11) is -0.389. The Bertz CT molecular complexity index is 937. The Hall–Kier alpha value is -2.86. The van der Waals surface area contributed by atoms with Gasteiger partial charge in [0.15, 0.2) is 5.78 Å². The summed E-state index contributed by atoms with van der Waals surface area (Å²) in [6.07, 6.45) is 2.99. The number of esters is 1. The van der Waals surface area contributed by atoms with E-state index in [1.165, 1.54) is 26.2 Å². The van der Waals surface area contributed by atoms with Crippen molar-refractivity contribution in [2.24, 2.45) is 0 Å². The highest BCUT2D eigenvalue weighted by Crippen LogP contribution is 2.37. The van der Waals surface area contributed by atoms with Crippen LogP contribution in [-0.2, 0) is 4.79 Å². The molecule has 2 aromatic carbocycles. The molecule has 0 saturated heterocycles. The molecule has 0 heterocycles. The smallest absolute Gasteiger partial charge is 0.336 e. The molecule has 0 aromatic heterocycles. The molecular weight excluding hydrogens is 396 g/mol. The van der Waals surface area contributed by atoms with Gasteiger partial charge in [0.1, 0.15) is 17.2 Å². The number of Topliss-reactive ketones (excluding diaryl/α,β-unsaturated/α-hetero) is 1. The number of methoxy groups -OCH3 is 1. The number of ether oxygens (including phenoxy) is 2. The van der Waals surface area contributed by atoms with Gasteiger partial charge in [0, 0.05) is 12.1 Å². The quantitative estimate of drug-likeness (QED) is 0.181. The van der Waals surface area contributed by atoms with E-state index >= 15 is 0 Å². The fraction of sp³-hybridized carbons (Fsp3) is 0.333. The normalized spacial score (nSPS) is 12.0. The van der Waals surface area contributed by atoms with Crippen LogP contribution in [0.4, 0.5) is 0 Å². The molecule has 2 rings (SSSR count). The van der Waals surface area contributed by atoms with E-state index in [0.717, 1.165) is 11.3 Å². The van der Waals surface area contributed by atoms with Crippen molar-refractivity contribution in [1.29, 1.82) is 0 Å². The number of benzene rings is 2. The largest absolute Gasteiger partial charge is 0.544 e. The van der Waals surface area contributed by atoms with E-state index in [-0.39, 0.29) is 16.6 Å². The zero-order chi connectivity index (χ0) is 22.5. The Labute approximate surface area is 179 Å². The van der Waals surface area contributed by atoms with Crippen molar-refractivity contribution in [2.45, 2.75) is 45.8 Å². The number of rotatable bonds is 7. The van der Waals surface area contributed by atoms with Crippen LogP contribution in [0.15, 0.2) is 48.5 Å². The van der Waals surface area contributed by atoms with Gasteiger partial charge in [0.25, 0.3) is 0 Å². The molecular formula is C24H30O5Si. The number of carbonyl (C=O) groups excluding carboxylic acids is 2. The molecule has 0 spiro atoms. The van der Waals surface area contributed by atoms with Gasteiger partial charge in [-0.05, 0) is 61.0 Å². The van der Waals surface area contributed by atoms with Crippen LogP contribution in [0, 0.1) is 0 Å². The fourth-order valence-electron chi connectivity index (χ4n) is 2.41. The molecule has 30 heavy (non-hydrogen) atoms. The topological polar surface area (TPSA) is 61.8 Å². The molecule has 6 heteroatoms. The average Bonchev–Trinajstić information content (AvgIpc) is 2.66. The van der Waals surface area contributed by atoms with E-state index in [0.29, 0.717) is 11.3 Å². The average molecular weight is 427 g/mol. The minimum Gasteiger partial charge on any atom is -0.544 e. The number of hydrogen-bond acceptors (Lipinski definition) is 5. The molecule has 0 aliphatic rings. The van der Waals surface area contributed by atoms with Crippen LogP contribution in [-0.4, -0.2) is 27.2 Å². The molecule has 0 atom stereocenters. The second-order valence-electron chi connectivity index (χ2n) is 8.60. The Kier molecular flexibility index (Phi) is 7.26. The molecule has 0 saturated carbocycles. The monoisotopic (exact) mass is 426 g/mol. The van der Waals surface area contributed by atoms with Gasteiger partial charge in [-0.2, -0.15) is 0 Å². The van der Waals surface area contributed by atoms with Gasteiger partial charge in [-0.1, -0.05) is 32.9 Å². The number of carbonyl (C=O) groups is 2. The third kappa shape index (κ3) is 6.07. The maximum absolute atomic E-state index is 12.2. The first-order valence-corrected chi connectivity index (χ1v) is 12.7. The highest BCUT2D eigenvalue weighted by Gasteiger charge is 2.38. The molecule has 0 aliphatic carbocycles. The molecule has 0 bridgehead atoms. The lowest BCUT2D eigenvalue weighted by atomic mass is 10.1. The summed E-state index contributed by atoms with van der Waals surface area (Å²) in [5, 5.41) is 0.119. The van der Waals surface area contributed by atoms with E-state index in [2.05, 4.69) is 33.9 Å². The SMILES string of the molecule is COc1ccc(C(C)=O)c(OC(=O)/C=C/c2ccc(O[Si](C)(C)C(C)(C)C)cc2)c1. The summed E-state index contributed by atoms with van der Waals surface area (Å²) in [4.78, 5) is 24.0. The maximum Gasteiger partial charge on any atom is 0.336 e. The summed E-state index contributed by atoms with van der Waals surface area (Å²) in [6, 6.07) is 12.3. The van der Waals surface area contributed by atoms with Gasteiger partial charge in [0.2, 0.25) is 8.32 Å². The molecule has 0 radical (unpaired) electrons. The summed E-state index contributed by atoms with van der Waals surface area (Å²) < 4.78 is 16.8. The number of hydrogen-bond donors (Lipinski definition) is 0. The second kappa shape index (κ2) is 9.30. The van der Waals surface area contributed by atoms with Crippen molar-refractivity contribution in [1.82, 2.24) is 0 Å². The predicted molar refractivity (Wildman–Crippen MR) is 122 cm³/mol. The van der Waals surface area contributed by atoms with Gasteiger partial charge in [0.05, 0.1) is 12.7 Å². The fourth-order valence-corrected chi connectivity index (χ4v) is 3.44. The van der Waals surface area contributed by atoms with Gasteiger partial charge >= 0.3 is 5.97 Å². The Morgan fingerprint density at radius 3 is 2.10 bits per heavy atom. The lowest BCUT2D eigenvalue weighted by molar-refractivity contribution is -0.128. The van der Waals surface area contributed by atoms with Crippen LogP contribution in [0.25, 0.3) is 6.08 Å². The van der Waals surface area contributed by atoms with Crippen molar-refractivity contribution < 1.29 is 23.5 Å². The molecule has 0 unspecified atom stereocenters. The highest BCUT2D eigenvalue weighted by atomic mass is 28.4. The van der Waals surface area contributed by atoms with E-state index in [1.807, 2.05) is 24.3 Å². The molecule has 0 amide bonds. The van der Waals surface area contributed by atoms with Crippen molar-refractivity contribution in [2.75, 3.05) is 7.11 Å². The van der Waals surface area contributed by atoms with Gasteiger partial charge < -0.3 is 13.9 Å². The van der Waals surface area contributed by atoms with Crippen LogP contribution in [0.3, 0.4) is 0 Å². The first-order chi connectivity index (χ1) is 13.9. The standard InChI is InChI=1S/C24H30O5Si/c1-17(25)21-14-13-20(27-5)16-22(21)28-23(26)15-10-18-8-11-19(12-9-18)29-30(6,7)24(2,3)4/h8-16H,1-7H3/b15-10+. The van der Waals surface area contributed by atoms with E-state index in [4.69, 9.17) is 13.9 Å². The summed E-state index contributed by atoms with van der Waals surface area (Å²) in [6.45, 7) is 12.4. The Morgan fingerprint density at radius 1 is 0.967 bits per heavy atom. The summed E-state index contributed by atoms with van der Waals surface area (Å²) >= 11 is 0. The molecule has 160 valence electrons. The second-order valence-corrected chi connectivity index (χ2v) is 13.3. The van der Waals surface area contributed by atoms with Gasteiger partial charge in [-0.15, -0.1) is 0 Å². The van der Waals surface area contributed by atoms with Crippen LogP contribution < -0.4 is 13.9 Å². The predicted octanol–water partition coefficient (Wildman–Crippen LogP) is 5.90. The van der Waals surface area contributed by atoms with E-state index in [9.17, 15) is 9.59 Å². The number of ketones is 1. The van der Waals surface area contributed by atoms with Crippen molar-refractivity contribution in [3.63, 3.8) is 0 Å². The highest BCUT2D eigenvalue weighted by molar-refractivity contribution is 6.74. The lowest BCUT2D eigenvalue weighted by Crippen LogP contribution is -2.43. The van der Waals surface area contributed by atoms with E-state index in [1.54, 1.807) is 18.2 Å². The van der Waals surface area contributed by atoms with Crippen molar-refractivity contribution >= 4 is 26.1 Å². The maximum atomic E-state index is 12.2. The van der Waals surface area contributed by atoms with Crippen LogP contribution >= 0.6 is 0 Å². The lowest BCUT2D eigenvalue weighted by Gasteiger charge is -2.36. The van der Waals surface area contributed by atoms with Crippen LogP contribution in [0.1, 0.15) is 43.6 Å². The minimum atomic E-state index is -1.90. The van der Waals surface area contributed by atoms with Gasteiger partial charge in [-0.25, -0.2) is 4.79 Å². The third-order valence-electron chi connectivity index (χ3n) is 5.25. The third-order valence-corrected chi connectivity index (χ3v) is 9.61. The van der Waals surface area contributed by atoms with E-state index < -0.39 is 14.3 Å². The molecule has 0 fully saturated rings. The Balaban J connectivity index is 2.08. The molecule has 0 aliphatic heterocycles. The van der Waals surface area contributed by atoms with Crippen molar-refractivity contribution in [3.05, 3.63) is 59.7 Å². The summed E-state index contributed by atoms with van der Waals surface area (Å²) in [5.41, 5.74) is 1.16. The molecule has 0 N–H and O–H groups in total. The van der Waals surface area contributed by atoms with Crippen molar-refractivity contribution in [3.8, 4) is 17.2 Å². The first-order valence-electron chi connectivity index (χ1n) is 9.81. The van der Waals surface area contributed by atoms with Gasteiger partial charge in [-0.3, -0.25) is 4.79 Å². The summed E-state index contributed by atoms with van der Waals surface area (Å²) in [5.74, 6) is 0.733.